The molecule has 1 aromatic rings. The molecule has 1 aromatic carbocycles. The molecule has 0 radical (unpaired) electrons. The number of nitrogens with two attached hydrogens (primary N) is 1. The first kappa shape index (κ1) is 11.6. The molecule has 1 saturated carbocycles. The molecule has 88 valence electrons. The lowest BCUT2D eigenvalue weighted by atomic mass is 9.83. The Labute approximate surface area is 96.9 Å². The van der Waals surface area contributed by atoms with Gasteiger partial charge in [-0.2, -0.15) is 0 Å². The van der Waals surface area contributed by atoms with E-state index in [4.69, 9.17) is 5.73 Å². The maximum Gasteiger partial charge on any atom is 0.128 e. The molecule has 2 atom stereocenters. The third-order valence-corrected chi connectivity index (χ3v) is 3.81. The Morgan fingerprint density at radius 2 is 2.00 bits per heavy atom. The second-order valence-electron chi connectivity index (χ2n) is 5.17. The second-order valence-corrected chi connectivity index (χ2v) is 5.17. The fraction of sp³-hybridized carbons (Fsp3) is 0.571. The molecular formula is C14H20FN. The summed E-state index contributed by atoms with van der Waals surface area (Å²) in [6.45, 7) is 2.26. The molecule has 0 spiro atoms. The third kappa shape index (κ3) is 2.27. The molecular weight excluding hydrogens is 201 g/mol. The molecule has 0 aliphatic heterocycles. The van der Waals surface area contributed by atoms with Crippen LogP contribution in [0.5, 0.6) is 0 Å². The zero-order chi connectivity index (χ0) is 11.6. The van der Waals surface area contributed by atoms with Gasteiger partial charge in [0.1, 0.15) is 5.82 Å². The monoisotopic (exact) mass is 221 g/mol. The van der Waals surface area contributed by atoms with Gasteiger partial charge < -0.3 is 5.73 Å². The number of rotatable bonds is 1. The zero-order valence-electron chi connectivity index (χ0n) is 9.88. The summed E-state index contributed by atoms with van der Waals surface area (Å²) in [5, 5.41) is 0. The van der Waals surface area contributed by atoms with Gasteiger partial charge >= 0.3 is 0 Å². The molecule has 1 fully saturated rings. The maximum atomic E-state index is 13.8. The predicted molar refractivity (Wildman–Crippen MR) is 64.5 cm³/mol. The van der Waals surface area contributed by atoms with Crippen LogP contribution in [-0.2, 0) is 5.54 Å². The highest BCUT2D eigenvalue weighted by Crippen LogP contribution is 2.36. The van der Waals surface area contributed by atoms with E-state index in [0.29, 0.717) is 5.56 Å². The molecule has 16 heavy (non-hydrogen) atoms. The van der Waals surface area contributed by atoms with Crippen LogP contribution in [0.1, 0.15) is 44.6 Å². The summed E-state index contributed by atoms with van der Waals surface area (Å²) in [5.41, 5.74) is 6.65. The first-order chi connectivity index (χ1) is 7.62. The van der Waals surface area contributed by atoms with E-state index in [1.807, 2.05) is 12.1 Å². The van der Waals surface area contributed by atoms with Gasteiger partial charge in [-0.15, -0.1) is 0 Å². The fourth-order valence-corrected chi connectivity index (χ4v) is 2.67. The maximum absolute atomic E-state index is 13.8. The summed E-state index contributed by atoms with van der Waals surface area (Å²) in [6.07, 6.45) is 5.22. The van der Waals surface area contributed by atoms with Gasteiger partial charge in [0, 0.05) is 11.1 Å². The molecule has 0 aromatic heterocycles. The molecule has 1 aliphatic rings. The average molecular weight is 221 g/mol. The molecule has 0 bridgehead atoms. The Kier molecular flexibility index (Phi) is 3.29. The van der Waals surface area contributed by atoms with E-state index < -0.39 is 5.54 Å². The second kappa shape index (κ2) is 4.54. The first-order valence-electron chi connectivity index (χ1n) is 6.16. The highest BCUT2D eigenvalue weighted by atomic mass is 19.1. The van der Waals surface area contributed by atoms with Gasteiger partial charge in [0.05, 0.1) is 0 Å². The molecule has 0 amide bonds. The van der Waals surface area contributed by atoms with Gasteiger partial charge in [0.2, 0.25) is 0 Å². The quantitative estimate of drug-likeness (QED) is 0.721. The van der Waals surface area contributed by atoms with Gasteiger partial charge in [-0.1, -0.05) is 38.0 Å². The van der Waals surface area contributed by atoms with Crippen molar-refractivity contribution in [3.05, 3.63) is 35.6 Å². The largest absolute Gasteiger partial charge is 0.321 e. The van der Waals surface area contributed by atoms with E-state index in [1.54, 1.807) is 6.07 Å². The number of hydrogen-bond donors (Lipinski definition) is 1. The van der Waals surface area contributed by atoms with Crippen molar-refractivity contribution < 1.29 is 4.39 Å². The number of halogens is 1. The minimum absolute atomic E-state index is 0.153. The van der Waals surface area contributed by atoms with Crippen molar-refractivity contribution in [2.24, 2.45) is 11.7 Å². The molecule has 2 heteroatoms. The minimum atomic E-state index is -0.448. The van der Waals surface area contributed by atoms with Crippen molar-refractivity contribution >= 4 is 0 Å². The molecule has 2 N–H and O–H groups in total. The average Bonchev–Trinajstić information content (AvgIpc) is 2.43. The summed E-state index contributed by atoms with van der Waals surface area (Å²) < 4.78 is 13.8. The lowest BCUT2D eigenvalue weighted by Crippen LogP contribution is -2.37. The lowest BCUT2D eigenvalue weighted by molar-refractivity contribution is 0.362. The van der Waals surface area contributed by atoms with Crippen LogP contribution >= 0.6 is 0 Å². The summed E-state index contributed by atoms with van der Waals surface area (Å²) in [4.78, 5) is 0. The van der Waals surface area contributed by atoms with Crippen LogP contribution in [-0.4, -0.2) is 0 Å². The van der Waals surface area contributed by atoms with Crippen LogP contribution in [0.2, 0.25) is 0 Å². The Balaban J connectivity index is 2.27. The van der Waals surface area contributed by atoms with E-state index in [2.05, 4.69) is 6.92 Å². The Morgan fingerprint density at radius 3 is 2.75 bits per heavy atom. The molecule has 2 rings (SSSR count). The molecule has 0 saturated heterocycles. The molecule has 1 nitrogen and oxygen atoms in total. The van der Waals surface area contributed by atoms with Crippen LogP contribution in [0.3, 0.4) is 0 Å². The van der Waals surface area contributed by atoms with Crippen molar-refractivity contribution in [2.75, 3.05) is 0 Å². The van der Waals surface area contributed by atoms with Gasteiger partial charge in [-0.05, 0) is 31.2 Å². The summed E-state index contributed by atoms with van der Waals surface area (Å²) in [7, 11) is 0. The van der Waals surface area contributed by atoms with Crippen molar-refractivity contribution in [1.29, 1.82) is 0 Å². The van der Waals surface area contributed by atoms with E-state index in [9.17, 15) is 4.39 Å². The molecule has 1 aliphatic carbocycles. The van der Waals surface area contributed by atoms with Crippen LogP contribution < -0.4 is 5.73 Å². The predicted octanol–water partition coefficient (Wildman–Crippen LogP) is 3.58. The summed E-state index contributed by atoms with van der Waals surface area (Å²) in [6, 6.07) is 6.95. The highest BCUT2D eigenvalue weighted by molar-refractivity contribution is 5.26. The summed E-state index contributed by atoms with van der Waals surface area (Å²) >= 11 is 0. The smallest absolute Gasteiger partial charge is 0.128 e. The Bertz CT molecular complexity index is 364. The topological polar surface area (TPSA) is 26.0 Å². The molecule has 2 unspecified atom stereocenters. The van der Waals surface area contributed by atoms with Crippen LogP contribution in [0, 0.1) is 11.7 Å². The van der Waals surface area contributed by atoms with Gasteiger partial charge in [0.15, 0.2) is 0 Å². The van der Waals surface area contributed by atoms with Crippen molar-refractivity contribution in [3.63, 3.8) is 0 Å². The normalized spacial score (nSPS) is 31.1. The lowest BCUT2D eigenvalue weighted by Gasteiger charge is -2.29. The van der Waals surface area contributed by atoms with Crippen molar-refractivity contribution in [1.82, 2.24) is 0 Å². The first-order valence-corrected chi connectivity index (χ1v) is 6.16. The van der Waals surface area contributed by atoms with Crippen LogP contribution in [0.4, 0.5) is 4.39 Å². The van der Waals surface area contributed by atoms with E-state index in [1.165, 1.54) is 12.5 Å². The standard InChI is InChI=1S/C14H20FN/c1-11-5-4-9-14(16,10-8-11)12-6-2-3-7-13(12)15/h2-3,6-7,11H,4-5,8-10,16H2,1H3. The van der Waals surface area contributed by atoms with E-state index >= 15 is 0 Å². The van der Waals surface area contributed by atoms with Gasteiger partial charge in [0.25, 0.3) is 0 Å². The van der Waals surface area contributed by atoms with E-state index in [0.717, 1.165) is 31.6 Å². The third-order valence-electron chi connectivity index (χ3n) is 3.81. The number of benzene rings is 1. The fourth-order valence-electron chi connectivity index (χ4n) is 2.67. The van der Waals surface area contributed by atoms with Crippen molar-refractivity contribution in [3.8, 4) is 0 Å². The summed E-state index contributed by atoms with van der Waals surface area (Å²) in [5.74, 6) is 0.566. The number of hydrogen-bond acceptors (Lipinski definition) is 1. The zero-order valence-corrected chi connectivity index (χ0v) is 9.88. The Morgan fingerprint density at radius 1 is 1.25 bits per heavy atom. The van der Waals surface area contributed by atoms with Gasteiger partial charge in [-0.3, -0.25) is 0 Å². The van der Waals surface area contributed by atoms with Crippen LogP contribution in [0.15, 0.2) is 24.3 Å². The van der Waals surface area contributed by atoms with E-state index in [-0.39, 0.29) is 5.82 Å². The molecule has 0 heterocycles. The SMILES string of the molecule is CC1CCCC(N)(c2ccccc2F)CC1. The van der Waals surface area contributed by atoms with Gasteiger partial charge in [-0.25, -0.2) is 4.39 Å². The van der Waals surface area contributed by atoms with Crippen LogP contribution in [0.25, 0.3) is 0 Å². The minimum Gasteiger partial charge on any atom is -0.321 e. The Hall–Kier alpha value is -0.890. The van der Waals surface area contributed by atoms with Crippen molar-refractivity contribution in [2.45, 2.75) is 44.6 Å². The highest BCUT2D eigenvalue weighted by Gasteiger charge is 2.31.